The average Bonchev–Trinajstić information content (AvgIpc) is 2.19. The summed E-state index contributed by atoms with van der Waals surface area (Å²) in [5.74, 6) is 2.58. The normalized spacial score (nSPS) is 18.4. The molecule has 17 heavy (non-hydrogen) atoms. The zero-order valence-corrected chi connectivity index (χ0v) is 12.9. The Balaban J connectivity index is 0.000000557. The largest absolute Gasteiger partial charge is 0.319 e. The fourth-order valence-electron chi connectivity index (χ4n) is 2.18. The predicted octanol–water partition coefficient (Wildman–Crippen LogP) is 3.24. The lowest BCUT2D eigenvalue weighted by molar-refractivity contribution is 0.167. The first kappa shape index (κ1) is 16.9. The van der Waals surface area contributed by atoms with Crippen LogP contribution in [0.4, 0.5) is 0 Å². The van der Waals surface area contributed by atoms with Gasteiger partial charge in [0.05, 0.1) is 0 Å². The van der Waals surface area contributed by atoms with Gasteiger partial charge in [-0.25, -0.2) is 0 Å². The number of nitrogens with one attached hydrogen (secondary N) is 1. The molecular formula is C15H34N2. The number of hydrogen-bond acceptors (Lipinski definition) is 2. The van der Waals surface area contributed by atoms with Crippen LogP contribution in [0.3, 0.4) is 0 Å². The molecule has 1 fully saturated rings. The van der Waals surface area contributed by atoms with Crippen LogP contribution in [0.2, 0.25) is 0 Å². The van der Waals surface area contributed by atoms with Gasteiger partial charge in [-0.2, -0.15) is 0 Å². The van der Waals surface area contributed by atoms with Crippen LogP contribution in [-0.4, -0.2) is 38.1 Å². The van der Waals surface area contributed by atoms with Crippen molar-refractivity contribution >= 4 is 0 Å². The number of piperidine rings is 1. The first-order valence-electron chi connectivity index (χ1n) is 7.32. The first-order chi connectivity index (χ1) is 7.95. The molecule has 0 radical (unpaired) electrons. The van der Waals surface area contributed by atoms with Gasteiger partial charge in [-0.1, -0.05) is 34.6 Å². The first-order valence-corrected chi connectivity index (χ1v) is 7.32. The summed E-state index contributed by atoms with van der Waals surface area (Å²) in [6.07, 6.45) is 2.76. The van der Waals surface area contributed by atoms with Crippen LogP contribution in [0.25, 0.3) is 0 Å². The van der Waals surface area contributed by atoms with E-state index in [1.165, 1.54) is 39.0 Å². The van der Waals surface area contributed by atoms with Crippen molar-refractivity contribution in [1.82, 2.24) is 10.2 Å². The molecule has 0 aromatic heterocycles. The van der Waals surface area contributed by atoms with Gasteiger partial charge in [-0.3, -0.25) is 0 Å². The lowest BCUT2D eigenvalue weighted by Crippen LogP contribution is -2.38. The molecule has 0 atom stereocenters. The molecule has 104 valence electrons. The second-order valence-electron chi connectivity index (χ2n) is 6.43. The van der Waals surface area contributed by atoms with Crippen molar-refractivity contribution in [2.24, 2.45) is 17.8 Å². The molecule has 0 saturated carbocycles. The summed E-state index contributed by atoms with van der Waals surface area (Å²) in [6.45, 7) is 16.2. The highest BCUT2D eigenvalue weighted by Crippen LogP contribution is 2.16. The van der Waals surface area contributed by atoms with Gasteiger partial charge in [-0.05, 0) is 57.3 Å². The molecule has 2 heteroatoms. The van der Waals surface area contributed by atoms with Gasteiger partial charge in [0.25, 0.3) is 0 Å². The Bertz CT molecular complexity index is 156. The Morgan fingerprint density at radius 3 is 1.88 bits per heavy atom. The molecule has 0 aromatic rings. The Morgan fingerprint density at radius 1 is 1.06 bits per heavy atom. The molecule has 1 aliphatic rings. The van der Waals surface area contributed by atoms with E-state index in [1.807, 2.05) is 0 Å². The van der Waals surface area contributed by atoms with E-state index in [9.17, 15) is 0 Å². The third-order valence-corrected chi connectivity index (χ3v) is 2.82. The quantitative estimate of drug-likeness (QED) is 0.814. The fraction of sp³-hybridized carbons (Fsp3) is 1.00. The molecule has 1 N–H and O–H groups in total. The van der Waals surface area contributed by atoms with Crippen LogP contribution in [0, 0.1) is 17.8 Å². The zero-order valence-electron chi connectivity index (χ0n) is 12.9. The molecule has 1 heterocycles. The minimum atomic E-state index is 0.820. The van der Waals surface area contributed by atoms with Crippen molar-refractivity contribution in [2.75, 3.05) is 33.2 Å². The molecule has 2 nitrogen and oxygen atoms in total. The lowest BCUT2D eigenvalue weighted by Gasteiger charge is -2.32. The van der Waals surface area contributed by atoms with E-state index < -0.39 is 0 Å². The topological polar surface area (TPSA) is 15.3 Å². The Kier molecular flexibility index (Phi) is 9.85. The van der Waals surface area contributed by atoms with E-state index in [0.717, 1.165) is 17.8 Å². The van der Waals surface area contributed by atoms with Crippen molar-refractivity contribution in [2.45, 2.75) is 47.5 Å². The molecule has 0 bridgehead atoms. The zero-order chi connectivity index (χ0) is 13.3. The third kappa shape index (κ3) is 10.8. The van der Waals surface area contributed by atoms with E-state index in [4.69, 9.17) is 0 Å². The SMILES string of the molecule is CC(C)C.CNCC1CCN(CC(C)C)CC1. The molecule has 1 aliphatic heterocycles. The van der Waals surface area contributed by atoms with Gasteiger partial charge in [0, 0.05) is 6.54 Å². The summed E-state index contributed by atoms with van der Waals surface area (Å²) >= 11 is 0. The van der Waals surface area contributed by atoms with Gasteiger partial charge in [0.1, 0.15) is 0 Å². The van der Waals surface area contributed by atoms with Crippen molar-refractivity contribution in [3.05, 3.63) is 0 Å². The monoisotopic (exact) mass is 242 g/mol. The Morgan fingerprint density at radius 2 is 1.53 bits per heavy atom. The smallest absolute Gasteiger partial charge is 0.000439 e. The van der Waals surface area contributed by atoms with Gasteiger partial charge in [0.15, 0.2) is 0 Å². The maximum atomic E-state index is 3.27. The van der Waals surface area contributed by atoms with E-state index >= 15 is 0 Å². The number of nitrogens with zero attached hydrogens (tertiary/aromatic N) is 1. The third-order valence-electron chi connectivity index (χ3n) is 2.82. The maximum absolute atomic E-state index is 3.27. The molecule has 0 amide bonds. The molecular weight excluding hydrogens is 208 g/mol. The Labute approximate surface area is 109 Å². The van der Waals surface area contributed by atoms with Crippen molar-refractivity contribution in [3.8, 4) is 0 Å². The van der Waals surface area contributed by atoms with Crippen molar-refractivity contribution < 1.29 is 0 Å². The van der Waals surface area contributed by atoms with Crippen LogP contribution >= 0.6 is 0 Å². The minimum absolute atomic E-state index is 0.820. The number of hydrogen-bond donors (Lipinski definition) is 1. The number of rotatable bonds is 4. The highest BCUT2D eigenvalue weighted by atomic mass is 15.1. The van der Waals surface area contributed by atoms with Crippen LogP contribution in [0.15, 0.2) is 0 Å². The van der Waals surface area contributed by atoms with Crippen molar-refractivity contribution in [1.29, 1.82) is 0 Å². The molecule has 1 saturated heterocycles. The minimum Gasteiger partial charge on any atom is -0.319 e. The lowest BCUT2D eigenvalue weighted by atomic mass is 9.96. The Hall–Kier alpha value is -0.0800. The van der Waals surface area contributed by atoms with Crippen LogP contribution in [0.1, 0.15) is 47.5 Å². The van der Waals surface area contributed by atoms with Gasteiger partial charge in [0.2, 0.25) is 0 Å². The van der Waals surface area contributed by atoms with Crippen molar-refractivity contribution in [3.63, 3.8) is 0 Å². The summed E-state index contributed by atoms with van der Waals surface area (Å²) in [5, 5.41) is 3.27. The molecule has 0 aliphatic carbocycles. The van der Waals surface area contributed by atoms with E-state index in [1.54, 1.807) is 0 Å². The summed E-state index contributed by atoms with van der Waals surface area (Å²) < 4.78 is 0. The number of likely N-dealkylation sites (tertiary alicyclic amines) is 1. The summed E-state index contributed by atoms with van der Waals surface area (Å²) in [7, 11) is 2.06. The standard InChI is InChI=1S/C11H24N2.C4H10/c1-10(2)9-13-6-4-11(5-7-13)8-12-3;1-4(2)3/h10-12H,4-9H2,1-3H3;4H,1-3H3. The van der Waals surface area contributed by atoms with E-state index in [-0.39, 0.29) is 0 Å². The maximum Gasteiger partial charge on any atom is 0.000439 e. The highest BCUT2D eigenvalue weighted by Gasteiger charge is 2.18. The summed E-state index contributed by atoms with van der Waals surface area (Å²) in [4.78, 5) is 2.61. The van der Waals surface area contributed by atoms with E-state index in [0.29, 0.717) is 0 Å². The van der Waals surface area contributed by atoms with Crippen LogP contribution in [-0.2, 0) is 0 Å². The molecule has 0 aromatic carbocycles. The fourth-order valence-corrected chi connectivity index (χ4v) is 2.18. The second kappa shape index (κ2) is 9.90. The summed E-state index contributed by atoms with van der Waals surface area (Å²) in [5.41, 5.74) is 0. The van der Waals surface area contributed by atoms with Gasteiger partial charge < -0.3 is 10.2 Å². The van der Waals surface area contributed by atoms with E-state index in [2.05, 4.69) is 51.9 Å². The average molecular weight is 242 g/mol. The predicted molar refractivity (Wildman–Crippen MR) is 78.4 cm³/mol. The molecule has 0 unspecified atom stereocenters. The molecule has 1 rings (SSSR count). The second-order valence-corrected chi connectivity index (χ2v) is 6.43. The summed E-state index contributed by atoms with van der Waals surface area (Å²) in [6, 6.07) is 0. The van der Waals surface area contributed by atoms with Crippen LogP contribution in [0.5, 0.6) is 0 Å². The van der Waals surface area contributed by atoms with Gasteiger partial charge >= 0.3 is 0 Å². The highest BCUT2D eigenvalue weighted by molar-refractivity contribution is 4.73. The van der Waals surface area contributed by atoms with Crippen LogP contribution < -0.4 is 5.32 Å². The molecule has 0 spiro atoms. The van der Waals surface area contributed by atoms with Gasteiger partial charge in [-0.15, -0.1) is 0 Å².